The number of amides is 2. The number of nitrogens with one attached hydrogen (secondary N) is 1. The van der Waals surface area contributed by atoms with E-state index in [4.69, 9.17) is 4.74 Å². The minimum Gasteiger partial charge on any atom is -0.497 e. The molecule has 2 aromatic rings. The van der Waals surface area contributed by atoms with Crippen molar-refractivity contribution in [3.05, 3.63) is 58.6 Å². The number of carbonyl (C=O) groups excluding carboxylic acids is 2. The Kier molecular flexibility index (Phi) is 11.0. The summed E-state index contributed by atoms with van der Waals surface area (Å²) in [5.74, 6) is 0.189. The molecule has 0 spiro atoms. The van der Waals surface area contributed by atoms with Gasteiger partial charge in [0.25, 0.3) is 0 Å². The second-order valence-electron chi connectivity index (χ2n) is 8.26. The Morgan fingerprint density at radius 3 is 2.40 bits per heavy atom. The zero-order valence-electron chi connectivity index (χ0n) is 20.7. The average molecular weight is 569 g/mol. The molecular weight excluding hydrogens is 534 g/mol. The molecular formula is C25H34BrN3O5S. The molecule has 2 amide bonds. The molecule has 0 radical (unpaired) electrons. The Balaban J connectivity index is 2.14. The number of ether oxygens (including phenoxy) is 1. The SMILES string of the molecule is CCCNC(=O)C(C)N(Cc1cccc(Br)c1)C(=O)CCCN(c1ccc(OC)cc1)S(C)(=O)=O. The van der Waals surface area contributed by atoms with E-state index in [0.717, 1.165) is 22.7 Å². The molecule has 0 heterocycles. The molecule has 0 saturated heterocycles. The Morgan fingerprint density at radius 2 is 1.83 bits per heavy atom. The lowest BCUT2D eigenvalue weighted by Gasteiger charge is -2.29. The summed E-state index contributed by atoms with van der Waals surface area (Å²) in [6.45, 7) is 4.62. The fourth-order valence-corrected chi connectivity index (χ4v) is 4.97. The lowest BCUT2D eigenvalue weighted by molar-refractivity contribution is -0.140. The zero-order valence-corrected chi connectivity index (χ0v) is 23.1. The van der Waals surface area contributed by atoms with E-state index < -0.39 is 16.1 Å². The second kappa shape index (κ2) is 13.5. The van der Waals surface area contributed by atoms with E-state index in [0.29, 0.717) is 24.4 Å². The van der Waals surface area contributed by atoms with Gasteiger partial charge in [0.2, 0.25) is 21.8 Å². The normalized spacial score (nSPS) is 12.0. The average Bonchev–Trinajstić information content (AvgIpc) is 2.82. The van der Waals surface area contributed by atoms with Gasteiger partial charge >= 0.3 is 0 Å². The first kappa shape index (κ1) is 28.6. The summed E-state index contributed by atoms with van der Waals surface area (Å²) in [5, 5.41) is 2.85. The molecule has 1 unspecified atom stereocenters. The van der Waals surface area contributed by atoms with Crippen LogP contribution in [0.15, 0.2) is 53.0 Å². The van der Waals surface area contributed by atoms with Gasteiger partial charge in [-0.25, -0.2) is 8.42 Å². The van der Waals surface area contributed by atoms with Crippen LogP contribution in [0.3, 0.4) is 0 Å². The third-order valence-electron chi connectivity index (χ3n) is 5.47. The third kappa shape index (κ3) is 8.85. The van der Waals surface area contributed by atoms with E-state index >= 15 is 0 Å². The van der Waals surface area contributed by atoms with Crippen molar-refractivity contribution < 1.29 is 22.7 Å². The highest BCUT2D eigenvalue weighted by Gasteiger charge is 2.26. The highest BCUT2D eigenvalue weighted by Crippen LogP contribution is 2.22. The lowest BCUT2D eigenvalue weighted by atomic mass is 10.1. The Morgan fingerprint density at radius 1 is 1.14 bits per heavy atom. The third-order valence-corrected chi connectivity index (χ3v) is 7.16. The molecule has 0 aliphatic rings. The molecule has 0 bridgehead atoms. The van der Waals surface area contributed by atoms with Crippen molar-refractivity contribution in [3.8, 4) is 5.75 Å². The molecule has 2 aromatic carbocycles. The molecule has 0 fully saturated rings. The first-order valence-corrected chi connectivity index (χ1v) is 14.1. The van der Waals surface area contributed by atoms with Gasteiger partial charge in [-0.15, -0.1) is 0 Å². The first-order valence-electron chi connectivity index (χ1n) is 11.5. The van der Waals surface area contributed by atoms with Gasteiger partial charge in [0.1, 0.15) is 11.8 Å². The van der Waals surface area contributed by atoms with Crippen LogP contribution in [-0.4, -0.2) is 57.6 Å². The Labute approximate surface area is 216 Å². The number of sulfonamides is 1. The number of halogens is 1. The number of carbonyl (C=O) groups is 2. The van der Waals surface area contributed by atoms with Crippen molar-refractivity contribution >= 4 is 43.5 Å². The number of rotatable bonds is 13. The number of anilines is 1. The Hall–Kier alpha value is -2.59. The maximum Gasteiger partial charge on any atom is 0.242 e. The van der Waals surface area contributed by atoms with Crippen molar-refractivity contribution in [1.29, 1.82) is 0 Å². The molecule has 1 N–H and O–H groups in total. The fourth-order valence-electron chi connectivity index (χ4n) is 3.56. The molecule has 35 heavy (non-hydrogen) atoms. The van der Waals surface area contributed by atoms with Gasteiger partial charge in [-0.2, -0.15) is 0 Å². The Bertz CT molecular complexity index is 1090. The van der Waals surface area contributed by atoms with Gasteiger partial charge in [0, 0.05) is 30.5 Å². The smallest absolute Gasteiger partial charge is 0.242 e. The van der Waals surface area contributed by atoms with Crippen molar-refractivity contribution in [1.82, 2.24) is 10.2 Å². The van der Waals surface area contributed by atoms with Gasteiger partial charge in [-0.3, -0.25) is 13.9 Å². The summed E-state index contributed by atoms with van der Waals surface area (Å²) >= 11 is 3.44. The van der Waals surface area contributed by atoms with E-state index in [1.807, 2.05) is 31.2 Å². The molecule has 2 rings (SSSR count). The summed E-state index contributed by atoms with van der Waals surface area (Å²) in [6, 6.07) is 13.6. The highest BCUT2D eigenvalue weighted by atomic mass is 79.9. The van der Waals surface area contributed by atoms with Crippen molar-refractivity contribution in [2.24, 2.45) is 0 Å². The summed E-state index contributed by atoms with van der Waals surface area (Å²) in [5.41, 5.74) is 1.39. The van der Waals surface area contributed by atoms with Gasteiger partial charge < -0.3 is 15.0 Å². The van der Waals surface area contributed by atoms with E-state index in [-0.39, 0.29) is 31.3 Å². The highest BCUT2D eigenvalue weighted by molar-refractivity contribution is 9.10. The first-order chi connectivity index (χ1) is 16.6. The predicted molar refractivity (Wildman–Crippen MR) is 142 cm³/mol. The molecule has 0 aliphatic carbocycles. The number of methoxy groups -OCH3 is 1. The molecule has 192 valence electrons. The molecule has 1 atom stereocenters. The molecule has 8 nitrogen and oxygen atoms in total. The van der Waals surface area contributed by atoms with Crippen molar-refractivity contribution in [2.75, 3.05) is 30.8 Å². The summed E-state index contributed by atoms with van der Waals surface area (Å²) in [7, 11) is -2.01. The summed E-state index contributed by atoms with van der Waals surface area (Å²) < 4.78 is 32.1. The second-order valence-corrected chi connectivity index (χ2v) is 11.1. The topological polar surface area (TPSA) is 96.0 Å². The van der Waals surface area contributed by atoms with E-state index in [2.05, 4.69) is 21.2 Å². The van der Waals surface area contributed by atoms with Crippen LogP contribution in [0.5, 0.6) is 5.75 Å². The van der Waals surface area contributed by atoms with Gasteiger partial charge in [-0.05, 0) is 61.7 Å². The van der Waals surface area contributed by atoms with Crippen molar-refractivity contribution in [3.63, 3.8) is 0 Å². The summed E-state index contributed by atoms with van der Waals surface area (Å²) in [6.07, 6.45) is 2.33. The van der Waals surface area contributed by atoms with E-state index in [1.165, 1.54) is 4.31 Å². The lowest BCUT2D eigenvalue weighted by Crippen LogP contribution is -2.47. The minimum atomic E-state index is -3.55. The predicted octanol–water partition coefficient (Wildman–Crippen LogP) is 3.95. The van der Waals surface area contributed by atoms with Crippen LogP contribution in [0.1, 0.15) is 38.7 Å². The van der Waals surface area contributed by atoms with E-state index in [1.54, 1.807) is 43.2 Å². The van der Waals surface area contributed by atoms with E-state index in [9.17, 15) is 18.0 Å². The van der Waals surface area contributed by atoms with Crippen LogP contribution in [0.2, 0.25) is 0 Å². The van der Waals surface area contributed by atoms with Gasteiger partial charge in [-0.1, -0.05) is 35.0 Å². The fraction of sp³-hybridized carbons (Fsp3) is 0.440. The largest absolute Gasteiger partial charge is 0.497 e. The molecule has 0 saturated carbocycles. The van der Waals surface area contributed by atoms with Crippen LogP contribution in [-0.2, 0) is 26.2 Å². The monoisotopic (exact) mass is 567 g/mol. The van der Waals surface area contributed by atoms with Crippen LogP contribution in [0.4, 0.5) is 5.69 Å². The van der Waals surface area contributed by atoms with Crippen LogP contribution < -0.4 is 14.4 Å². The summed E-state index contributed by atoms with van der Waals surface area (Å²) in [4.78, 5) is 27.4. The van der Waals surface area contributed by atoms with Crippen molar-refractivity contribution in [2.45, 2.75) is 45.7 Å². The number of nitrogens with zero attached hydrogens (tertiary/aromatic N) is 2. The zero-order chi connectivity index (χ0) is 26.0. The minimum absolute atomic E-state index is 0.0988. The van der Waals surface area contributed by atoms with Gasteiger partial charge in [0.05, 0.1) is 19.1 Å². The number of hydrogen-bond acceptors (Lipinski definition) is 5. The number of benzene rings is 2. The quantitative estimate of drug-likeness (QED) is 0.395. The van der Waals surface area contributed by atoms with Crippen LogP contribution >= 0.6 is 15.9 Å². The number of hydrogen-bond donors (Lipinski definition) is 1. The standard InChI is InChI=1S/C25H34BrN3O5S/c1-5-15-27-25(31)19(2)28(18-20-8-6-9-21(26)17-20)24(30)10-7-16-29(35(4,32)33)22-11-13-23(34-3)14-12-22/h6,8-9,11-14,17,19H,5,7,10,15-16,18H2,1-4H3,(H,27,31). The maximum absolute atomic E-state index is 13.3. The van der Waals surface area contributed by atoms with Gasteiger partial charge in [0.15, 0.2) is 0 Å². The molecule has 0 aliphatic heterocycles. The maximum atomic E-state index is 13.3. The molecule has 0 aromatic heterocycles. The van der Waals surface area contributed by atoms with Crippen LogP contribution in [0.25, 0.3) is 0 Å². The van der Waals surface area contributed by atoms with Crippen LogP contribution in [0, 0.1) is 0 Å². The molecule has 10 heteroatoms.